The highest BCUT2D eigenvalue weighted by Gasteiger charge is 2.54. The predicted molar refractivity (Wildman–Crippen MR) is 111 cm³/mol. The molecule has 0 aromatic heterocycles. The molecule has 0 aliphatic heterocycles. The Morgan fingerprint density at radius 3 is 2.83 bits per heavy atom. The van der Waals surface area contributed by atoms with E-state index in [1.165, 1.54) is 12.1 Å². The van der Waals surface area contributed by atoms with Crippen molar-refractivity contribution >= 4 is 11.8 Å². The Bertz CT molecular complexity index is 974. The lowest BCUT2D eigenvalue weighted by Crippen LogP contribution is -2.44. The first kappa shape index (κ1) is 19.6. The van der Waals surface area contributed by atoms with Gasteiger partial charge < -0.3 is 14.9 Å². The van der Waals surface area contributed by atoms with Crippen LogP contribution in [0.5, 0.6) is 11.5 Å². The lowest BCUT2D eigenvalue weighted by molar-refractivity contribution is -0.130. The lowest BCUT2D eigenvalue weighted by atomic mass is 9.55. The van der Waals surface area contributed by atoms with E-state index in [9.17, 15) is 19.8 Å². The molecule has 4 aliphatic rings. The molecule has 0 radical (unpaired) electrons. The number of benzene rings is 1. The average molecular weight is 408 g/mol. The lowest BCUT2D eigenvalue weighted by Gasteiger charge is -2.50. The number of phenols is 1. The summed E-state index contributed by atoms with van der Waals surface area (Å²) in [7, 11) is 0. The van der Waals surface area contributed by atoms with E-state index in [1.54, 1.807) is 18.2 Å². The quantitative estimate of drug-likeness (QED) is 0.571. The van der Waals surface area contributed by atoms with Gasteiger partial charge in [-0.2, -0.15) is 0 Å². The molecular formula is C25H28O5. The number of carbonyl (C=O) groups is 2. The maximum absolute atomic E-state index is 12.7. The fourth-order valence-electron chi connectivity index (χ4n) is 6.59. The van der Waals surface area contributed by atoms with Crippen molar-refractivity contribution in [3.05, 3.63) is 47.1 Å². The van der Waals surface area contributed by atoms with Crippen LogP contribution < -0.4 is 4.74 Å². The third-order valence-corrected chi connectivity index (χ3v) is 8.09. The number of aromatic hydroxyl groups is 1. The summed E-state index contributed by atoms with van der Waals surface area (Å²) in [5.74, 6) is 1.01. The van der Waals surface area contributed by atoms with E-state index in [1.807, 2.05) is 0 Å². The summed E-state index contributed by atoms with van der Waals surface area (Å²) in [6.45, 7) is 2.23. The second-order valence-corrected chi connectivity index (χ2v) is 9.63. The van der Waals surface area contributed by atoms with Gasteiger partial charge in [0.1, 0.15) is 11.5 Å². The predicted octanol–water partition coefficient (Wildman–Crippen LogP) is 3.97. The smallest absolute Gasteiger partial charge is 0.343 e. The Morgan fingerprint density at radius 1 is 1.20 bits per heavy atom. The molecule has 5 rings (SSSR count). The highest BCUT2D eigenvalue weighted by molar-refractivity contribution is 6.04. The summed E-state index contributed by atoms with van der Waals surface area (Å²) >= 11 is 0. The van der Waals surface area contributed by atoms with E-state index in [4.69, 9.17) is 4.74 Å². The minimum Gasteiger partial charge on any atom is -0.508 e. The number of ether oxygens (including phenoxy) is 1. The molecule has 2 fully saturated rings. The van der Waals surface area contributed by atoms with Crippen LogP contribution in [-0.2, 0) is 16.0 Å². The third kappa shape index (κ3) is 3.02. The highest BCUT2D eigenvalue weighted by atomic mass is 16.5. The first-order valence-electron chi connectivity index (χ1n) is 11.0. The van der Waals surface area contributed by atoms with Crippen molar-refractivity contribution in [2.45, 2.75) is 63.9 Å². The van der Waals surface area contributed by atoms with Crippen LogP contribution >= 0.6 is 0 Å². The molecule has 5 nitrogen and oxygen atoms in total. The average Bonchev–Trinajstić information content (AvgIpc) is 3.02. The minimum absolute atomic E-state index is 0.0233. The van der Waals surface area contributed by atoms with Gasteiger partial charge in [0.2, 0.25) is 0 Å². The normalized spacial score (nSPS) is 34.6. The Morgan fingerprint density at radius 2 is 2.03 bits per heavy atom. The minimum atomic E-state index is -0.564. The summed E-state index contributed by atoms with van der Waals surface area (Å²) in [4.78, 5) is 24.4. The van der Waals surface area contributed by atoms with Crippen molar-refractivity contribution in [2.75, 3.05) is 0 Å². The Kier molecular flexibility index (Phi) is 4.62. The standard InChI is InChI=1S/C25H28O5/c1-25-10-9-19-18(20(25)7-8-22(25)28)6-5-14-11-17(27)13-21(23(14)19)30-24(29)15-3-2-4-16(26)12-15/h2-3,11-13,18-20,22,27-28H,4-10H2,1H3/t18-,19-,20-,22-,25-/m0/s1. The van der Waals surface area contributed by atoms with Crippen LogP contribution in [0.4, 0.5) is 0 Å². The van der Waals surface area contributed by atoms with Gasteiger partial charge in [0, 0.05) is 18.1 Å². The zero-order chi connectivity index (χ0) is 21.0. The number of aryl methyl sites for hydroxylation is 1. The van der Waals surface area contributed by atoms with E-state index >= 15 is 0 Å². The van der Waals surface area contributed by atoms with Crippen LogP contribution in [0.15, 0.2) is 35.9 Å². The van der Waals surface area contributed by atoms with Crippen LogP contribution in [0.1, 0.15) is 62.5 Å². The number of hydrogen-bond donors (Lipinski definition) is 2. The number of phenolic OH excluding ortho intramolecular Hbond substituents is 1. The molecule has 1 aromatic rings. The van der Waals surface area contributed by atoms with E-state index in [2.05, 4.69) is 6.92 Å². The van der Waals surface area contributed by atoms with Gasteiger partial charge in [-0.25, -0.2) is 4.79 Å². The number of aliphatic hydroxyl groups is 1. The Labute approximate surface area is 176 Å². The van der Waals surface area contributed by atoms with Crippen LogP contribution in [0.3, 0.4) is 0 Å². The zero-order valence-corrected chi connectivity index (χ0v) is 17.3. The largest absolute Gasteiger partial charge is 0.508 e. The number of fused-ring (bicyclic) bond motifs is 5. The van der Waals surface area contributed by atoms with Gasteiger partial charge in [0.25, 0.3) is 0 Å². The van der Waals surface area contributed by atoms with Crippen LogP contribution in [0.25, 0.3) is 0 Å². The fourth-order valence-corrected chi connectivity index (χ4v) is 6.59. The van der Waals surface area contributed by atoms with Crippen molar-refractivity contribution in [3.8, 4) is 11.5 Å². The number of hydrogen-bond acceptors (Lipinski definition) is 5. The number of rotatable bonds is 2. The molecule has 0 saturated heterocycles. The number of allylic oxidation sites excluding steroid dienone is 2. The van der Waals surface area contributed by atoms with Gasteiger partial charge >= 0.3 is 5.97 Å². The fraction of sp³-hybridized carbons (Fsp3) is 0.520. The van der Waals surface area contributed by atoms with Gasteiger partial charge in [0.15, 0.2) is 5.78 Å². The molecule has 2 N–H and O–H groups in total. The van der Waals surface area contributed by atoms with Gasteiger partial charge in [0.05, 0.1) is 11.7 Å². The van der Waals surface area contributed by atoms with Crippen molar-refractivity contribution in [3.63, 3.8) is 0 Å². The first-order chi connectivity index (χ1) is 14.4. The van der Waals surface area contributed by atoms with Gasteiger partial charge in [-0.15, -0.1) is 0 Å². The maximum Gasteiger partial charge on any atom is 0.343 e. The van der Waals surface area contributed by atoms with Gasteiger partial charge in [-0.05, 0) is 79.4 Å². The second kappa shape index (κ2) is 7.09. The van der Waals surface area contributed by atoms with E-state index in [0.717, 1.165) is 49.7 Å². The van der Waals surface area contributed by atoms with E-state index in [-0.39, 0.29) is 34.5 Å². The van der Waals surface area contributed by atoms with E-state index in [0.29, 0.717) is 24.0 Å². The molecule has 5 heteroatoms. The number of esters is 1. The molecule has 30 heavy (non-hydrogen) atoms. The molecule has 0 unspecified atom stereocenters. The van der Waals surface area contributed by atoms with Crippen LogP contribution in [-0.4, -0.2) is 28.1 Å². The molecule has 0 amide bonds. The summed E-state index contributed by atoms with van der Waals surface area (Å²) in [5.41, 5.74) is 2.30. The number of aliphatic hydroxyl groups excluding tert-OH is 1. The topological polar surface area (TPSA) is 83.8 Å². The molecule has 4 aliphatic carbocycles. The summed E-state index contributed by atoms with van der Waals surface area (Å²) < 4.78 is 5.77. The Balaban J connectivity index is 1.49. The molecule has 0 heterocycles. The van der Waals surface area contributed by atoms with Crippen molar-refractivity contribution in [2.24, 2.45) is 17.3 Å². The molecule has 5 atom stereocenters. The Hall–Kier alpha value is -2.40. The molecule has 2 saturated carbocycles. The molecule has 0 spiro atoms. The molecular weight excluding hydrogens is 380 g/mol. The molecule has 158 valence electrons. The highest BCUT2D eigenvalue weighted by Crippen LogP contribution is 2.62. The molecule has 1 aromatic carbocycles. The number of carbonyl (C=O) groups excluding carboxylic acids is 2. The maximum atomic E-state index is 12.7. The first-order valence-corrected chi connectivity index (χ1v) is 11.0. The zero-order valence-electron chi connectivity index (χ0n) is 17.3. The summed E-state index contributed by atoms with van der Waals surface area (Å²) in [6.07, 6.45) is 10.3. The van der Waals surface area contributed by atoms with Crippen molar-refractivity contribution < 1.29 is 24.5 Å². The summed E-state index contributed by atoms with van der Waals surface area (Å²) in [5, 5.41) is 20.9. The SMILES string of the molecule is C[C@]12CC[C@@H]3c4c(cc(O)cc4OC(=O)C4=CC(=O)CC=C4)CC[C@@H]3[C@@H]1CC[C@@H]2O. The van der Waals surface area contributed by atoms with Gasteiger partial charge in [-0.1, -0.05) is 19.1 Å². The summed E-state index contributed by atoms with van der Waals surface area (Å²) in [6, 6.07) is 3.33. The van der Waals surface area contributed by atoms with Crippen molar-refractivity contribution in [1.82, 2.24) is 0 Å². The second-order valence-electron chi connectivity index (χ2n) is 9.63. The van der Waals surface area contributed by atoms with Gasteiger partial charge in [-0.3, -0.25) is 4.79 Å². The number of ketones is 1. The van der Waals surface area contributed by atoms with Crippen molar-refractivity contribution in [1.29, 1.82) is 0 Å². The monoisotopic (exact) mass is 408 g/mol. The van der Waals surface area contributed by atoms with Crippen LogP contribution in [0, 0.1) is 17.3 Å². The van der Waals surface area contributed by atoms with E-state index < -0.39 is 5.97 Å². The molecule has 0 bridgehead atoms. The third-order valence-electron chi connectivity index (χ3n) is 8.09. The van der Waals surface area contributed by atoms with Crippen LogP contribution in [0.2, 0.25) is 0 Å².